The molecule has 1 aromatic rings. The van der Waals surface area contributed by atoms with E-state index in [0.717, 1.165) is 0 Å². The van der Waals surface area contributed by atoms with E-state index in [2.05, 4.69) is 4.72 Å². The average Bonchev–Trinajstić information content (AvgIpc) is 2.52. The first kappa shape index (κ1) is 17.0. The number of hydrogen-bond acceptors (Lipinski definition) is 9. The van der Waals surface area contributed by atoms with E-state index in [1.165, 1.54) is 18.2 Å². The Labute approximate surface area is 130 Å². The summed E-state index contributed by atoms with van der Waals surface area (Å²) in [4.78, 5) is 10.3. The average molecular weight is 330 g/mol. The molecule has 6 N–H and O–H groups in total. The monoisotopic (exact) mass is 330 g/mol. The summed E-state index contributed by atoms with van der Waals surface area (Å²) < 4.78 is 8.07. The van der Waals surface area contributed by atoms with E-state index in [-0.39, 0.29) is 11.3 Å². The third kappa shape index (κ3) is 3.35. The molecule has 1 heterocycles. The summed E-state index contributed by atoms with van der Waals surface area (Å²) in [5.41, 5.74) is 2.19. The molecule has 2 rings (SSSR count). The minimum Gasteiger partial charge on any atom is -0.508 e. The summed E-state index contributed by atoms with van der Waals surface area (Å²) in [6, 6.07) is 4.11. The van der Waals surface area contributed by atoms with Crippen molar-refractivity contribution >= 4 is 23.3 Å². The Morgan fingerprint density at radius 1 is 1.23 bits per heavy atom. The predicted molar refractivity (Wildman–Crippen MR) is 77.7 cm³/mol. The highest BCUT2D eigenvalue weighted by Crippen LogP contribution is 2.38. The normalized spacial score (nSPS) is 31.7. The standard InChI is InChI=1S/C13H16NO7S/c15-4-9-10(18)11(19)12(20)13(21-9)7-3-6(17)1-2-8(7)14-22-5-16/h1-3,9-15,17-20H,4H2/t9-,10-,11+,12+,13-/m1/s1. The molecule has 22 heavy (non-hydrogen) atoms. The van der Waals surface area contributed by atoms with E-state index in [1.807, 2.05) is 0 Å². The Morgan fingerprint density at radius 2 is 1.95 bits per heavy atom. The van der Waals surface area contributed by atoms with Crippen molar-refractivity contribution in [1.29, 1.82) is 0 Å². The van der Waals surface area contributed by atoms with Crippen molar-refractivity contribution < 1.29 is 35.1 Å². The molecule has 1 saturated heterocycles. The second kappa shape index (κ2) is 7.27. The quantitative estimate of drug-likeness (QED) is 0.297. The lowest BCUT2D eigenvalue weighted by Crippen LogP contribution is -2.55. The van der Waals surface area contributed by atoms with Crippen LogP contribution >= 0.6 is 11.9 Å². The predicted octanol–water partition coefficient (Wildman–Crippen LogP) is -0.966. The molecule has 1 aliphatic heterocycles. The van der Waals surface area contributed by atoms with E-state index >= 15 is 0 Å². The molecule has 1 aliphatic rings. The minimum absolute atomic E-state index is 0.113. The molecular weight excluding hydrogens is 314 g/mol. The van der Waals surface area contributed by atoms with Gasteiger partial charge in [0.2, 0.25) is 0 Å². The van der Waals surface area contributed by atoms with Gasteiger partial charge in [-0.3, -0.25) is 4.79 Å². The molecule has 121 valence electrons. The summed E-state index contributed by atoms with van der Waals surface area (Å²) in [7, 11) is 0. The maximum absolute atomic E-state index is 10.3. The Kier molecular flexibility index (Phi) is 5.62. The highest BCUT2D eigenvalue weighted by atomic mass is 32.2. The Hall–Kier alpha value is -1.36. The Balaban J connectivity index is 2.36. The minimum atomic E-state index is -1.53. The van der Waals surface area contributed by atoms with Gasteiger partial charge in [0.1, 0.15) is 36.3 Å². The fraction of sp³-hybridized carbons (Fsp3) is 0.462. The van der Waals surface area contributed by atoms with Gasteiger partial charge >= 0.3 is 0 Å². The zero-order valence-corrected chi connectivity index (χ0v) is 12.1. The second-order valence-electron chi connectivity index (χ2n) is 4.81. The number of rotatable bonds is 5. The van der Waals surface area contributed by atoms with Crippen LogP contribution in [0.1, 0.15) is 11.7 Å². The van der Waals surface area contributed by atoms with E-state index in [0.29, 0.717) is 17.6 Å². The molecule has 5 atom stereocenters. The van der Waals surface area contributed by atoms with Crippen LogP contribution in [-0.2, 0) is 9.53 Å². The van der Waals surface area contributed by atoms with Crippen LogP contribution in [0.3, 0.4) is 0 Å². The maximum Gasteiger partial charge on any atom is 0.288 e. The van der Waals surface area contributed by atoms with Gasteiger partial charge in [-0.05, 0) is 18.2 Å². The van der Waals surface area contributed by atoms with Crippen molar-refractivity contribution in [1.82, 2.24) is 0 Å². The van der Waals surface area contributed by atoms with Gasteiger partial charge in [0, 0.05) is 17.5 Å². The molecule has 0 saturated carbocycles. The number of aromatic hydroxyl groups is 1. The molecular formula is C13H16NO7S. The number of ether oxygens (including phenoxy) is 1. The molecule has 1 fully saturated rings. The van der Waals surface area contributed by atoms with E-state index in [1.54, 1.807) is 5.62 Å². The van der Waals surface area contributed by atoms with E-state index in [9.17, 15) is 30.3 Å². The molecule has 0 aromatic heterocycles. The molecule has 1 aromatic carbocycles. The first-order chi connectivity index (χ1) is 10.5. The Bertz CT molecular complexity index is 527. The number of nitrogens with one attached hydrogen (secondary N) is 1. The number of hydrogen-bond donors (Lipinski definition) is 6. The summed E-state index contributed by atoms with van der Waals surface area (Å²) in [6.07, 6.45) is -6.66. The molecule has 0 unspecified atom stereocenters. The number of aliphatic hydroxyl groups is 4. The first-order valence-corrected chi connectivity index (χ1v) is 7.23. The maximum atomic E-state index is 10.3. The molecule has 0 amide bonds. The number of phenolic OH excluding ortho intramolecular Hbond substituents is 1. The molecule has 0 bridgehead atoms. The summed E-state index contributed by atoms with van der Waals surface area (Å²) in [6.45, 7) is -0.556. The van der Waals surface area contributed by atoms with Crippen LogP contribution in [0.2, 0.25) is 0 Å². The fourth-order valence-electron chi connectivity index (χ4n) is 2.31. The van der Waals surface area contributed by atoms with Gasteiger partial charge in [-0.25, -0.2) is 0 Å². The zero-order valence-electron chi connectivity index (χ0n) is 11.3. The van der Waals surface area contributed by atoms with Crippen molar-refractivity contribution in [2.24, 2.45) is 0 Å². The van der Waals surface area contributed by atoms with Crippen LogP contribution in [0.15, 0.2) is 18.2 Å². The fourth-order valence-corrected chi connectivity index (χ4v) is 2.65. The highest BCUT2D eigenvalue weighted by Gasteiger charge is 2.44. The molecule has 0 aliphatic carbocycles. The van der Waals surface area contributed by atoms with Crippen molar-refractivity contribution in [3.63, 3.8) is 0 Å². The highest BCUT2D eigenvalue weighted by molar-refractivity contribution is 8.13. The van der Waals surface area contributed by atoms with Gasteiger partial charge in [-0.15, -0.1) is 0 Å². The topological polar surface area (TPSA) is 139 Å². The number of benzene rings is 1. The van der Waals surface area contributed by atoms with Gasteiger partial charge in [-0.2, -0.15) is 0 Å². The summed E-state index contributed by atoms with van der Waals surface area (Å²) in [5, 5.41) is 48.5. The number of anilines is 1. The van der Waals surface area contributed by atoms with E-state index < -0.39 is 37.1 Å². The van der Waals surface area contributed by atoms with Gasteiger partial charge in [0.15, 0.2) is 0 Å². The zero-order chi connectivity index (χ0) is 16.3. The Morgan fingerprint density at radius 3 is 2.59 bits per heavy atom. The van der Waals surface area contributed by atoms with Crippen LogP contribution in [0.5, 0.6) is 5.75 Å². The number of carbonyl (C=O) groups excluding carboxylic acids is 1. The van der Waals surface area contributed by atoms with E-state index in [4.69, 9.17) is 4.74 Å². The molecule has 1 radical (unpaired) electrons. The summed E-state index contributed by atoms with van der Waals surface area (Å²) in [5.74, 6) is -0.113. The lowest BCUT2D eigenvalue weighted by Gasteiger charge is -2.40. The van der Waals surface area contributed by atoms with Gasteiger partial charge < -0.3 is 35.0 Å². The molecule has 9 heteroatoms. The summed E-state index contributed by atoms with van der Waals surface area (Å²) >= 11 is 0.619. The van der Waals surface area contributed by atoms with Gasteiger partial charge in [0.05, 0.1) is 12.3 Å². The first-order valence-electron chi connectivity index (χ1n) is 6.42. The second-order valence-corrected chi connectivity index (χ2v) is 5.38. The number of aliphatic hydroxyl groups excluding tert-OH is 4. The third-order valence-electron chi connectivity index (χ3n) is 3.44. The van der Waals surface area contributed by atoms with Gasteiger partial charge in [-0.1, -0.05) is 0 Å². The lowest BCUT2D eigenvalue weighted by atomic mass is 9.90. The van der Waals surface area contributed by atoms with Crippen LogP contribution in [0, 0.1) is 0 Å². The molecule has 8 nitrogen and oxygen atoms in total. The third-order valence-corrected chi connectivity index (χ3v) is 3.84. The smallest absolute Gasteiger partial charge is 0.288 e. The van der Waals surface area contributed by atoms with Crippen molar-refractivity contribution in [2.75, 3.05) is 11.3 Å². The van der Waals surface area contributed by atoms with Crippen molar-refractivity contribution in [3.8, 4) is 5.75 Å². The number of phenols is 1. The van der Waals surface area contributed by atoms with Crippen molar-refractivity contribution in [3.05, 3.63) is 23.8 Å². The van der Waals surface area contributed by atoms with Gasteiger partial charge in [0.25, 0.3) is 5.62 Å². The van der Waals surface area contributed by atoms with Crippen LogP contribution < -0.4 is 4.72 Å². The SMILES string of the molecule is O=[C]SNc1ccc(O)cc1[C@H]1O[C@H](CO)[C@@H](O)[C@H](O)[C@@H]1O. The molecule has 0 spiro atoms. The van der Waals surface area contributed by atoms with Crippen LogP contribution in [0.25, 0.3) is 0 Å². The largest absolute Gasteiger partial charge is 0.508 e. The van der Waals surface area contributed by atoms with Crippen LogP contribution in [0.4, 0.5) is 5.69 Å². The van der Waals surface area contributed by atoms with Crippen LogP contribution in [-0.4, -0.2) is 62.2 Å². The van der Waals surface area contributed by atoms with Crippen molar-refractivity contribution in [2.45, 2.75) is 30.5 Å². The lowest BCUT2D eigenvalue weighted by molar-refractivity contribution is -0.231.